The predicted octanol–water partition coefficient (Wildman–Crippen LogP) is 5.39. The number of amides is 1. The number of hydrogen-bond donors (Lipinski definition) is 2. The highest BCUT2D eigenvalue weighted by Gasteiger charge is 2.27. The van der Waals surface area contributed by atoms with E-state index in [-0.39, 0.29) is 13.7 Å². The van der Waals surface area contributed by atoms with Crippen LogP contribution in [0.3, 0.4) is 0 Å². The van der Waals surface area contributed by atoms with Gasteiger partial charge in [0.1, 0.15) is 0 Å². The first-order chi connectivity index (χ1) is 13.5. The van der Waals surface area contributed by atoms with E-state index in [4.69, 9.17) is 0 Å². The highest BCUT2D eigenvalue weighted by atomic mass is 32.2. The molecule has 1 aromatic carbocycles. The number of carbonyl (C=O) groups is 1. The molecule has 0 atom stereocenters. The molecule has 1 aromatic heterocycles. The predicted molar refractivity (Wildman–Crippen MR) is 122 cm³/mol. The Morgan fingerprint density at radius 3 is 2.52 bits per heavy atom. The van der Waals surface area contributed by atoms with Gasteiger partial charge >= 0.3 is 0 Å². The summed E-state index contributed by atoms with van der Waals surface area (Å²) < 4.78 is 29.0. The summed E-state index contributed by atoms with van der Waals surface area (Å²) in [5.41, 5.74) is 0.434. The molecule has 1 aliphatic carbocycles. The Balaban J connectivity index is 0.00000240. The Morgan fingerprint density at radius 1 is 1.21 bits per heavy atom. The maximum absolute atomic E-state index is 13.1. The van der Waals surface area contributed by atoms with E-state index >= 15 is 0 Å². The fourth-order valence-electron chi connectivity index (χ4n) is 3.64. The van der Waals surface area contributed by atoms with Gasteiger partial charge in [-0.15, -0.1) is 11.3 Å². The molecule has 1 saturated carbocycles. The summed E-state index contributed by atoms with van der Waals surface area (Å²) in [6.07, 6.45) is 7.79. The molecule has 6 nitrogen and oxygen atoms in total. The number of hydrogen-bond acceptors (Lipinski definition) is 5. The molecule has 2 aromatic rings. The van der Waals surface area contributed by atoms with E-state index in [1.807, 2.05) is 0 Å². The zero-order chi connectivity index (χ0) is 21.2. The molecular formula is C21H33N3O3S2. The fraction of sp³-hybridized carbons (Fsp3) is 0.524. The molecule has 0 unspecified atom stereocenters. The van der Waals surface area contributed by atoms with Crippen molar-refractivity contribution in [3.63, 3.8) is 0 Å². The molecular weight excluding hydrogens is 406 g/mol. The topological polar surface area (TPSA) is 88.2 Å². The molecule has 0 radical (unpaired) electrons. The van der Waals surface area contributed by atoms with Crippen LogP contribution in [0.4, 0.5) is 5.69 Å². The van der Waals surface area contributed by atoms with Gasteiger partial charge in [0.05, 0.1) is 14.8 Å². The average Bonchev–Trinajstić information content (AvgIpc) is 3.10. The quantitative estimate of drug-likeness (QED) is 0.654. The van der Waals surface area contributed by atoms with Crippen molar-refractivity contribution < 1.29 is 16.1 Å². The molecule has 1 amide bonds. The highest BCUT2D eigenvalue weighted by Crippen LogP contribution is 2.39. The second-order valence-electron chi connectivity index (χ2n) is 8.65. The molecule has 0 bridgehead atoms. The van der Waals surface area contributed by atoms with E-state index in [1.54, 1.807) is 50.4 Å². The second kappa shape index (κ2) is 8.53. The number of carbonyl (C=O) groups excluding carboxylic acids is 1. The van der Waals surface area contributed by atoms with E-state index < -0.39 is 15.6 Å². The number of anilines is 1. The lowest BCUT2D eigenvalue weighted by atomic mass is 9.90. The van der Waals surface area contributed by atoms with Crippen molar-refractivity contribution in [1.82, 2.24) is 9.71 Å². The van der Waals surface area contributed by atoms with Crippen molar-refractivity contribution in [3.8, 4) is 10.4 Å². The smallest absolute Gasteiger partial charge is 0.241 e. The Kier molecular flexibility index (Phi) is 6.45. The summed E-state index contributed by atoms with van der Waals surface area (Å²) in [5.74, 6) is 0.219. The number of rotatable bonds is 5. The van der Waals surface area contributed by atoms with Crippen molar-refractivity contribution in [2.45, 2.75) is 76.2 Å². The largest absolute Gasteiger partial charge is 0.326 e. The van der Waals surface area contributed by atoms with Crippen LogP contribution in [0.25, 0.3) is 10.4 Å². The van der Waals surface area contributed by atoms with Gasteiger partial charge in [0.25, 0.3) is 0 Å². The molecule has 8 heteroatoms. The summed E-state index contributed by atoms with van der Waals surface area (Å²) in [5, 5.41) is 3.75. The first kappa shape index (κ1) is 21.9. The van der Waals surface area contributed by atoms with Crippen molar-refractivity contribution in [1.29, 1.82) is 0 Å². The molecule has 3 rings (SSSR count). The maximum atomic E-state index is 13.1. The minimum absolute atomic E-state index is 0. The van der Waals surface area contributed by atoms with Crippen LogP contribution >= 0.6 is 11.3 Å². The highest BCUT2D eigenvalue weighted by molar-refractivity contribution is 7.89. The van der Waals surface area contributed by atoms with Crippen LogP contribution in [0.15, 0.2) is 29.3 Å². The summed E-state index contributed by atoms with van der Waals surface area (Å²) in [6.45, 7) is 6.80. The average molecular weight is 440 g/mol. The van der Waals surface area contributed by atoms with Gasteiger partial charge in [0, 0.05) is 38.7 Å². The van der Waals surface area contributed by atoms with Gasteiger partial charge in [0.2, 0.25) is 15.9 Å². The summed E-state index contributed by atoms with van der Waals surface area (Å²) in [7, 11) is -3.79. The minimum Gasteiger partial charge on any atom is -0.326 e. The number of nitrogens with one attached hydrogen (secondary N) is 2. The lowest BCUT2D eigenvalue weighted by Crippen LogP contribution is -2.40. The van der Waals surface area contributed by atoms with Crippen LogP contribution in [-0.4, -0.2) is 24.8 Å². The van der Waals surface area contributed by atoms with Gasteiger partial charge in [0.15, 0.2) is 0 Å². The van der Waals surface area contributed by atoms with E-state index in [0.29, 0.717) is 17.2 Å². The van der Waals surface area contributed by atoms with E-state index in [9.17, 15) is 13.2 Å². The SMILES string of the molecule is CC(=O)Nc1ccc(-c2cnc(C3CCCCC3)s2)c(S(=O)(=O)NC(C)(C)C)c1.[HH].[HH]. The lowest BCUT2D eigenvalue weighted by molar-refractivity contribution is -0.114. The van der Waals surface area contributed by atoms with E-state index in [0.717, 1.165) is 22.7 Å². The normalized spacial score (nSPS) is 16.0. The van der Waals surface area contributed by atoms with Crippen LogP contribution < -0.4 is 10.0 Å². The van der Waals surface area contributed by atoms with Crippen molar-refractivity contribution in [2.24, 2.45) is 0 Å². The van der Waals surface area contributed by atoms with Crippen LogP contribution in [-0.2, 0) is 14.8 Å². The molecule has 162 valence electrons. The third-order valence-electron chi connectivity index (χ3n) is 4.78. The first-order valence-corrected chi connectivity index (χ1v) is 12.3. The van der Waals surface area contributed by atoms with Gasteiger partial charge < -0.3 is 5.32 Å². The number of benzene rings is 1. The number of sulfonamides is 1. The van der Waals surface area contributed by atoms with E-state index in [1.165, 1.54) is 32.3 Å². The van der Waals surface area contributed by atoms with Gasteiger partial charge in [-0.2, -0.15) is 0 Å². The third kappa shape index (κ3) is 5.65. The molecule has 1 heterocycles. The monoisotopic (exact) mass is 439 g/mol. The summed E-state index contributed by atoms with van der Waals surface area (Å²) in [4.78, 5) is 17.0. The van der Waals surface area contributed by atoms with Gasteiger partial charge in [-0.05, 0) is 45.7 Å². The summed E-state index contributed by atoms with van der Waals surface area (Å²) >= 11 is 1.57. The summed E-state index contributed by atoms with van der Waals surface area (Å²) in [6, 6.07) is 5.00. The van der Waals surface area contributed by atoms with Crippen molar-refractivity contribution in [2.75, 3.05) is 5.32 Å². The maximum Gasteiger partial charge on any atom is 0.241 e. The molecule has 1 aliphatic rings. The number of aromatic nitrogens is 1. The first-order valence-electron chi connectivity index (χ1n) is 9.97. The molecule has 2 N–H and O–H groups in total. The number of nitrogens with zero attached hydrogens (tertiary/aromatic N) is 1. The molecule has 0 aliphatic heterocycles. The Labute approximate surface area is 180 Å². The molecule has 1 fully saturated rings. The van der Waals surface area contributed by atoms with Crippen molar-refractivity contribution in [3.05, 3.63) is 29.4 Å². The van der Waals surface area contributed by atoms with Crippen molar-refractivity contribution >= 4 is 33.0 Å². The lowest BCUT2D eigenvalue weighted by Gasteiger charge is -2.22. The Hall–Kier alpha value is -1.77. The van der Waals surface area contributed by atoms with Crippen LogP contribution in [0.2, 0.25) is 0 Å². The van der Waals surface area contributed by atoms with Crippen LogP contribution in [0.5, 0.6) is 0 Å². The van der Waals surface area contributed by atoms with Crippen LogP contribution in [0, 0.1) is 0 Å². The van der Waals surface area contributed by atoms with Gasteiger partial charge in [-0.3, -0.25) is 4.79 Å². The number of thiazole rings is 1. The zero-order valence-corrected chi connectivity index (χ0v) is 19.0. The fourth-order valence-corrected chi connectivity index (χ4v) is 6.49. The zero-order valence-electron chi connectivity index (χ0n) is 17.4. The minimum atomic E-state index is -3.79. The third-order valence-corrected chi connectivity index (χ3v) is 7.77. The second-order valence-corrected chi connectivity index (χ2v) is 11.4. The van der Waals surface area contributed by atoms with Gasteiger partial charge in [-0.25, -0.2) is 18.1 Å². The molecule has 0 spiro atoms. The molecule has 0 saturated heterocycles. The van der Waals surface area contributed by atoms with Crippen LogP contribution in [0.1, 0.15) is 73.6 Å². The standard InChI is InChI=1S/C21H29N3O3S2.2H2/c1-14(25)23-16-10-11-17(19(12-16)29(26,27)24-21(2,3)4)18-13-22-20(28-18)15-8-6-5-7-9-15;;/h10-13,15,24H,5-9H2,1-4H3,(H,23,25);2*1H. The Morgan fingerprint density at radius 2 is 1.90 bits per heavy atom. The Bertz CT molecular complexity index is 996. The molecule has 29 heavy (non-hydrogen) atoms. The van der Waals surface area contributed by atoms with E-state index in [2.05, 4.69) is 15.0 Å². The van der Waals surface area contributed by atoms with Gasteiger partial charge in [-0.1, -0.05) is 25.3 Å².